The van der Waals surface area contributed by atoms with Gasteiger partial charge in [0, 0.05) is 18.3 Å². The van der Waals surface area contributed by atoms with Gasteiger partial charge >= 0.3 is 0 Å². The fourth-order valence-corrected chi connectivity index (χ4v) is 1.94. The Bertz CT molecular complexity index is 574. The minimum absolute atomic E-state index is 0.304. The van der Waals surface area contributed by atoms with E-state index in [9.17, 15) is 5.11 Å². The molecular weight excluding hydrogens is 254 g/mol. The summed E-state index contributed by atoms with van der Waals surface area (Å²) in [6.07, 6.45) is 0. The van der Waals surface area contributed by atoms with Gasteiger partial charge in [0.15, 0.2) is 0 Å². The van der Waals surface area contributed by atoms with Crippen LogP contribution in [0.4, 0.5) is 5.69 Å². The summed E-state index contributed by atoms with van der Waals surface area (Å²) in [6, 6.07) is 11.2. The Morgan fingerprint density at radius 1 is 1.00 bits per heavy atom. The normalized spacial score (nSPS) is 10.2. The summed E-state index contributed by atoms with van der Waals surface area (Å²) < 4.78 is 10.5. The first-order valence-electron chi connectivity index (χ1n) is 6.38. The molecule has 0 aromatic heterocycles. The molecule has 0 bridgehead atoms. The minimum Gasteiger partial charge on any atom is -0.508 e. The van der Waals surface area contributed by atoms with E-state index in [1.807, 2.05) is 37.3 Å². The lowest BCUT2D eigenvalue weighted by atomic mass is 10.1. The van der Waals surface area contributed by atoms with E-state index in [2.05, 4.69) is 5.32 Å². The summed E-state index contributed by atoms with van der Waals surface area (Å²) >= 11 is 0. The number of aromatic hydroxyl groups is 1. The van der Waals surface area contributed by atoms with Crippen LogP contribution in [0, 0.1) is 6.92 Å². The van der Waals surface area contributed by atoms with Gasteiger partial charge in [0.05, 0.1) is 14.2 Å². The third-order valence-corrected chi connectivity index (χ3v) is 3.10. The summed E-state index contributed by atoms with van der Waals surface area (Å²) in [7, 11) is 3.27. The van der Waals surface area contributed by atoms with Crippen LogP contribution in [0.25, 0.3) is 0 Å². The third-order valence-electron chi connectivity index (χ3n) is 3.10. The number of phenols is 1. The molecule has 2 rings (SSSR count). The van der Waals surface area contributed by atoms with E-state index in [-0.39, 0.29) is 0 Å². The predicted octanol–water partition coefficient (Wildman–Crippen LogP) is 3.33. The number of aryl methyl sites for hydroxylation is 1. The molecule has 0 aliphatic carbocycles. The molecule has 0 aliphatic rings. The molecule has 0 fully saturated rings. The maximum Gasteiger partial charge on any atom is 0.122 e. The van der Waals surface area contributed by atoms with Crippen molar-refractivity contribution in [3.05, 3.63) is 47.5 Å². The Kier molecular flexibility index (Phi) is 4.35. The number of hydrogen-bond donors (Lipinski definition) is 2. The van der Waals surface area contributed by atoms with Crippen LogP contribution in [0.15, 0.2) is 36.4 Å². The van der Waals surface area contributed by atoms with Crippen molar-refractivity contribution in [1.82, 2.24) is 0 Å². The third kappa shape index (κ3) is 3.35. The van der Waals surface area contributed by atoms with Gasteiger partial charge in [-0.15, -0.1) is 0 Å². The molecule has 4 nitrogen and oxygen atoms in total. The Morgan fingerprint density at radius 3 is 2.20 bits per heavy atom. The van der Waals surface area contributed by atoms with Crippen molar-refractivity contribution in [1.29, 1.82) is 0 Å². The van der Waals surface area contributed by atoms with Crippen molar-refractivity contribution in [2.45, 2.75) is 13.5 Å². The monoisotopic (exact) mass is 273 g/mol. The van der Waals surface area contributed by atoms with Gasteiger partial charge in [-0.2, -0.15) is 0 Å². The molecule has 2 aromatic rings. The number of phenolic OH excluding ortho intramolecular Hbond substituents is 1. The van der Waals surface area contributed by atoms with Gasteiger partial charge in [-0.3, -0.25) is 0 Å². The van der Waals surface area contributed by atoms with Crippen LogP contribution >= 0.6 is 0 Å². The minimum atomic E-state index is 0.304. The van der Waals surface area contributed by atoms with Crippen LogP contribution in [0.2, 0.25) is 0 Å². The number of ether oxygens (including phenoxy) is 2. The SMILES string of the molecule is COc1cc(CNc2ccc(O)c(C)c2)cc(OC)c1. The Balaban J connectivity index is 2.11. The first kappa shape index (κ1) is 14.1. The van der Waals surface area contributed by atoms with Gasteiger partial charge in [0.25, 0.3) is 0 Å². The van der Waals surface area contributed by atoms with Gasteiger partial charge in [0.2, 0.25) is 0 Å². The quantitative estimate of drug-likeness (QED) is 0.820. The average molecular weight is 273 g/mol. The lowest BCUT2D eigenvalue weighted by Gasteiger charge is -2.11. The highest BCUT2D eigenvalue weighted by molar-refractivity contribution is 5.51. The van der Waals surface area contributed by atoms with Crippen LogP contribution in [-0.4, -0.2) is 19.3 Å². The van der Waals surface area contributed by atoms with Crippen molar-refractivity contribution in [2.24, 2.45) is 0 Å². The number of methoxy groups -OCH3 is 2. The van der Waals surface area contributed by atoms with Crippen LogP contribution in [0.5, 0.6) is 17.2 Å². The molecule has 0 heterocycles. The molecule has 0 saturated heterocycles. The molecule has 2 aromatic carbocycles. The van der Waals surface area contributed by atoms with Crippen LogP contribution in [0.3, 0.4) is 0 Å². The van der Waals surface area contributed by atoms with Crippen molar-refractivity contribution in [2.75, 3.05) is 19.5 Å². The average Bonchev–Trinajstić information content (AvgIpc) is 2.48. The number of nitrogens with one attached hydrogen (secondary N) is 1. The zero-order valence-electron chi connectivity index (χ0n) is 11.9. The summed E-state index contributed by atoms with van der Waals surface area (Å²) in [5.74, 6) is 1.84. The zero-order valence-corrected chi connectivity index (χ0v) is 11.9. The Hall–Kier alpha value is -2.36. The lowest BCUT2D eigenvalue weighted by Crippen LogP contribution is -2.00. The molecule has 0 atom stereocenters. The Labute approximate surface area is 119 Å². The number of hydrogen-bond acceptors (Lipinski definition) is 4. The number of rotatable bonds is 5. The van der Waals surface area contributed by atoms with Crippen LogP contribution in [0.1, 0.15) is 11.1 Å². The topological polar surface area (TPSA) is 50.7 Å². The van der Waals surface area contributed by atoms with Crippen molar-refractivity contribution < 1.29 is 14.6 Å². The maximum atomic E-state index is 9.50. The molecule has 0 unspecified atom stereocenters. The van der Waals surface area contributed by atoms with Gasteiger partial charge in [-0.25, -0.2) is 0 Å². The number of anilines is 1. The highest BCUT2D eigenvalue weighted by atomic mass is 16.5. The summed E-state index contributed by atoms with van der Waals surface area (Å²) in [5, 5.41) is 12.8. The number of benzene rings is 2. The molecule has 4 heteroatoms. The molecule has 20 heavy (non-hydrogen) atoms. The van der Waals surface area contributed by atoms with E-state index in [1.54, 1.807) is 20.3 Å². The fraction of sp³-hybridized carbons (Fsp3) is 0.250. The largest absolute Gasteiger partial charge is 0.508 e. The molecular formula is C16H19NO3. The summed E-state index contributed by atoms with van der Waals surface area (Å²) in [4.78, 5) is 0. The first-order valence-corrected chi connectivity index (χ1v) is 6.38. The van der Waals surface area contributed by atoms with Gasteiger partial charge in [0.1, 0.15) is 17.2 Å². The smallest absolute Gasteiger partial charge is 0.122 e. The summed E-state index contributed by atoms with van der Waals surface area (Å²) in [5.41, 5.74) is 2.87. The van der Waals surface area contributed by atoms with E-state index < -0.39 is 0 Å². The van der Waals surface area contributed by atoms with Crippen molar-refractivity contribution in [3.8, 4) is 17.2 Å². The highest BCUT2D eigenvalue weighted by Crippen LogP contribution is 2.24. The van der Waals surface area contributed by atoms with E-state index in [0.717, 1.165) is 28.3 Å². The lowest BCUT2D eigenvalue weighted by molar-refractivity contribution is 0.393. The Morgan fingerprint density at radius 2 is 1.65 bits per heavy atom. The fourth-order valence-electron chi connectivity index (χ4n) is 1.94. The van der Waals surface area contributed by atoms with Gasteiger partial charge in [-0.05, 0) is 48.4 Å². The van der Waals surface area contributed by atoms with Crippen LogP contribution in [-0.2, 0) is 6.54 Å². The van der Waals surface area contributed by atoms with Crippen LogP contribution < -0.4 is 14.8 Å². The second kappa shape index (κ2) is 6.19. The predicted molar refractivity (Wildman–Crippen MR) is 79.7 cm³/mol. The van der Waals surface area contributed by atoms with E-state index in [1.165, 1.54) is 0 Å². The molecule has 0 radical (unpaired) electrons. The second-order valence-electron chi connectivity index (χ2n) is 4.58. The molecule has 2 N–H and O–H groups in total. The van der Waals surface area contributed by atoms with E-state index in [0.29, 0.717) is 12.3 Å². The molecule has 0 saturated carbocycles. The van der Waals surface area contributed by atoms with Gasteiger partial charge < -0.3 is 19.9 Å². The highest BCUT2D eigenvalue weighted by Gasteiger charge is 2.03. The molecule has 0 spiro atoms. The molecule has 106 valence electrons. The zero-order chi connectivity index (χ0) is 14.5. The van der Waals surface area contributed by atoms with Gasteiger partial charge in [-0.1, -0.05) is 0 Å². The van der Waals surface area contributed by atoms with E-state index >= 15 is 0 Å². The standard InChI is InChI=1S/C16H19NO3/c1-11-6-13(4-5-16(11)18)17-10-12-7-14(19-2)9-15(8-12)20-3/h4-9,17-18H,10H2,1-3H3. The first-order chi connectivity index (χ1) is 9.62. The molecule has 0 aliphatic heterocycles. The second-order valence-corrected chi connectivity index (χ2v) is 4.58. The van der Waals surface area contributed by atoms with Crippen molar-refractivity contribution >= 4 is 5.69 Å². The maximum absolute atomic E-state index is 9.50. The van der Waals surface area contributed by atoms with E-state index in [4.69, 9.17) is 9.47 Å². The summed E-state index contributed by atoms with van der Waals surface area (Å²) in [6.45, 7) is 2.52. The molecule has 0 amide bonds. The van der Waals surface area contributed by atoms with Crippen molar-refractivity contribution in [3.63, 3.8) is 0 Å².